The summed E-state index contributed by atoms with van der Waals surface area (Å²) in [5.41, 5.74) is 9.88. The minimum Gasteiger partial charge on any atom is -0.397 e. The van der Waals surface area contributed by atoms with Gasteiger partial charge in [0.15, 0.2) is 0 Å². The fourth-order valence-corrected chi connectivity index (χ4v) is 9.81. The van der Waals surface area contributed by atoms with Gasteiger partial charge in [-0.2, -0.15) is 0 Å². The monoisotopic (exact) mass is 681 g/mol. The van der Waals surface area contributed by atoms with Gasteiger partial charge in [0, 0.05) is 75.4 Å². The van der Waals surface area contributed by atoms with Gasteiger partial charge in [-0.3, -0.25) is 19.8 Å². The van der Waals surface area contributed by atoms with Gasteiger partial charge in [-0.1, -0.05) is 24.6 Å². The zero-order valence-electron chi connectivity index (χ0n) is 27.6. The molecule has 3 N–H and O–H groups in total. The van der Waals surface area contributed by atoms with Crippen LogP contribution in [-0.2, 0) is 29.0 Å². The quantitative estimate of drug-likeness (QED) is 0.398. The number of rotatable bonds is 8. The van der Waals surface area contributed by atoms with Crippen LogP contribution in [0.2, 0.25) is 5.02 Å². The van der Waals surface area contributed by atoms with Crippen molar-refractivity contribution in [1.82, 2.24) is 24.5 Å². The third-order valence-electron chi connectivity index (χ3n) is 11.5. The van der Waals surface area contributed by atoms with E-state index < -0.39 is 5.92 Å². The van der Waals surface area contributed by atoms with Crippen molar-refractivity contribution in [3.05, 3.63) is 45.3 Å². The minimum absolute atomic E-state index is 0.00868. The second kappa shape index (κ2) is 13.6. The number of nitrogens with two attached hydrogens (primary N) is 1. The Balaban J connectivity index is 1.00. The highest BCUT2D eigenvalue weighted by molar-refractivity contribution is 7.14. The lowest BCUT2D eigenvalue weighted by Gasteiger charge is -2.42. The van der Waals surface area contributed by atoms with Crippen molar-refractivity contribution in [2.45, 2.75) is 89.0 Å². The molecule has 4 amide bonds. The SMILES string of the molecule is CCc1cc(C[C@@H](CC(=O)N2CCC(N3Cc4ccsc4NC3=O)CC2)C(=O)N2CCC(N3CC4CC3CN4C)CC2)cc(Cl)c1N. The molecule has 0 saturated carbocycles. The summed E-state index contributed by atoms with van der Waals surface area (Å²) >= 11 is 8.08. The standard InChI is InChI=1S/C35H48ClN7O3S/c1-3-23-14-22(16-30(36)32(23)37)15-25(34(45)41-11-6-26(7-12-41)42-21-28-18-29(42)20-39(28)2)17-31(44)40-9-4-27(5-10-40)43-19-24-8-13-47-33(24)38-35(43)46/h8,13-14,16,25-29H,3-7,9-12,15,17-21,37H2,1-2H3,(H,38,46)/t25-,28?,29?/m0/s1. The summed E-state index contributed by atoms with van der Waals surface area (Å²) in [4.78, 5) is 51.9. The number of amides is 4. The van der Waals surface area contributed by atoms with Crippen molar-refractivity contribution in [3.8, 4) is 0 Å². The lowest BCUT2D eigenvalue weighted by Crippen LogP contribution is -2.54. The van der Waals surface area contributed by atoms with Gasteiger partial charge in [-0.25, -0.2) is 4.79 Å². The van der Waals surface area contributed by atoms with Crippen molar-refractivity contribution in [2.24, 2.45) is 5.92 Å². The average Bonchev–Trinajstić information content (AvgIpc) is 3.81. The van der Waals surface area contributed by atoms with Gasteiger partial charge in [0.2, 0.25) is 11.8 Å². The number of carbonyl (C=O) groups is 3. The highest BCUT2D eigenvalue weighted by Crippen LogP contribution is 2.35. The molecule has 1 aromatic heterocycles. The summed E-state index contributed by atoms with van der Waals surface area (Å²) in [6.07, 6.45) is 6.05. The van der Waals surface area contributed by atoms with Crippen LogP contribution in [0.4, 0.5) is 15.5 Å². The molecule has 0 spiro atoms. The number of likely N-dealkylation sites (N-methyl/N-ethyl adjacent to an activating group) is 1. The maximum Gasteiger partial charge on any atom is 0.323 e. The van der Waals surface area contributed by atoms with Crippen molar-refractivity contribution in [1.29, 1.82) is 0 Å². The number of thiophene rings is 1. The number of urea groups is 1. The third-order valence-corrected chi connectivity index (χ3v) is 12.7. The number of fused-ring (bicyclic) bond motifs is 3. The summed E-state index contributed by atoms with van der Waals surface area (Å²) in [5, 5.41) is 6.46. The molecule has 2 aromatic rings. The molecule has 4 fully saturated rings. The molecule has 0 aliphatic carbocycles. The largest absolute Gasteiger partial charge is 0.397 e. The number of piperazine rings is 1. The molecule has 47 heavy (non-hydrogen) atoms. The van der Waals surface area contributed by atoms with Gasteiger partial charge in [0.25, 0.3) is 0 Å². The average molecular weight is 682 g/mol. The molecule has 0 radical (unpaired) electrons. The number of nitrogens with one attached hydrogen (secondary N) is 1. The number of carbonyl (C=O) groups excluding carboxylic acids is 3. The number of benzene rings is 1. The first-order valence-corrected chi connectivity index (χ1v) is 18.7. The van der Waals surface area contributed by atoms with Gasteiger partial charge in [-0.15, -0.1) is 11.3 Å². The van der Waals surface area contributed by atoms with E-state index in [2.05, 4.69) is 28.2 Å². The Morgan fingerprint density at radius 1 is 1.02 bits per heavy atom. The first kappa shape index (κ1) is 32.7. The number of hydrogen-bond donors (Lipinski definition) is 2. The first-order valence-electron chi connectivity index (χ1n) is 17.4. The molecular formula is C35H48ClN7O3S. The molecule has 5 aliphatic heterocycles. The van der Waals surface area contributed by atoms with Crippen LogP contribution in [0.1, 0.15) is 62.1 Å². The number of aryl methyl sites for hydroxylation is 1. The zero-order chi connectivity index (χ0) is 32.8. The Hall–Kier alpha value is -2.86. The maximum atomic E-state index is 14.2. The van der Waals surface area contributed by atoms with E-state index in [1.165, 1.54) is 6.42 Å². The summed E-state index contributed by atoms with van der Waals surface area (Å²) in [6, 6.07) is 7.85. The number of likely N-dealkylation sites (tertiary alicyclic amines) is 4. The van der Waals surface area contributed by atoms with Gasteiger partial charge < -0.3 is 25.3 Å². The Kier molecular flexibility index (Phi) is 9.43. The number of hydrogen-bond acceptors (Lipinski definition) is 7. The van der Waals surface area contributed by atoms with Gasteiger partial charge in [0.05, 0.1) is 23.2 Å². The number of halogens is 1. The number of nitrogens with zero attached hydrogens (tertiary/aromatic N) is 5. The van der Waals surface area contributed by atoms with E-state index in [1.54, 1.807) is 11.3 Å². The van der Waals surface area contributed by atoms with E-state index in [1.807, 2.05) is 39.1 Å². The molecule has 6 heterocycles. The number of anilines is 2. The normalized spacial score (nSPS) is 24.9. The molecule has 10 nitrogen and oxygen atoms in total. The van der Waals surface area contributed by atoms with Crippen molar-refractivity contribution >= 4 is 51.5 Å². The molecule has 254 valence electrons. The zero-order valence-corrected chi connectivity index (χ0v) is 29.2. The summed E-state index contributed by atoms with van der Waals surface area (Å²) < 4.78 is 0. The van der Waals surface area contributed by atoms with Crippen LogP contribution in [0.15, 0.2) is 23.6 Å². The molecule has 7 rings (SSSR count). The highest BCUT2D eigenvalue weighted by atomic mass is 35.5. The van der Waals surface area contributed by atoms with Crippen LogP contribution in [0.3, 0.4) is 0 Å². The summed E-state index contributed by atoms with van der Waals surface area (Å²) in [6.45, 7) is 7.57. The van der Waals surface area contributed by atoms with Gasteiger partial charge in [0.1, 0.15) is 5.00 Å². The third kappa shape index (κ3) is 6.60. The molecule has 4 saturated heterocycles. The topological polar surface area (TPSA) is 105 Å². The molecule has 3 atom stereocenters. The van der Waals surface area contributed by atoms with Crippen LogP contribution in [0, 0.1) is 5.92 Å². The van der Waals surface area contributed by atoms with E-state index in [9.17, 15) is 14.4 Å². The van der Waals surface area contributed by atoms with E-state index in [-0.39, 0.29) is 30.3 Å². The fourth-order valence-electron chi connectivity index (χ4n) is 8.75. The van der Waals surface area contributed by atoms with Gasteiger partial charge in [-0.05, 0) is 80.6 Å². The Morgan fingerprint density at radius 3 is 2.43 bits per heavy atom. The van der Waals surface area contributed by atoms with Gasteiger partial charge >= 0.3 is 6.03 Å². The van der Waals surface area contributed by atoms with Crippen molar-refractivity contribution in [2.75, 3.05) is 57.4 Å². The Labute approximate surface area is 287 Å². The Bertz CT molecular complexity index is 1500. The molecule has 1 aromatic carbocycles. The summed E-state index contributed by atoms with van der Waals surface area (Å²) in [7, 11) is 2.23. The lowest BCUT2D eigenvalue weighted by molar-refractivity contribution is -0.143. The van der Waals surface area contributed by atoms with E-state index in [0.717, 1.165) is 80.0 Å². The smallest absolute Gasteiger partial charge is 0.323 e. The number of piperidine rings is 2. The van der Waals surface area contributed by atoms with E-state index in [4.69, 9.17) is 17.3 Å². The Morgan fingerprint density at radius 2 is 1.74 bits per heavy atom. The minimum atomic E-state index is -0.470. The number of nitrogen functional groups attached to an aromatic ring is 1. The predicted octanol–water partition coefficient (Wildman–Crippen LogP) is 4.51. The summed E-state index contributed by atoms with van der Waals surface area (Å²) in [5.74, 6) is -0.395. The first-order chi connectivity index (χ1) is 22.7. The maximum absolute atomic E-state index is 14.2. The highest BCUT2D eigenvalue weighted by Gasteiger charge is 2.45. The molecule has 5 aliphatic rings. The van der Waals surface area contributed by atoms with Crippen LogP contribution in [-0.4, -0.2) is 113 Å². The van der Waals surface area contributed by atoms with Crippen LogP contribution in [0.25, 0.3) is 0 Å². The van der Waals surface area contributed by atoms with Crippen molar-refractivity contribution < 1.29 is 14.4 Å². The van der Waals surface area contributed by atoms with Crippen molar-refractivity contribution in [3.63, 3.8) is 0 Å². The molecule has 2 bridgehead atoms. The second-order valence-electron chi connectivity index (χ2n) is 14.3. The second-order valence-corrected chi connectivity index (χ2v) is 15.6. The van der Waals surface area contributed by atoms with E-state index in [0.29, 0.717) is 54.9 Å². The molecule has 12 heteroatoms. The lowest BCUT2D eigenvalue weighted by atomic mass is 9.91. The molecular weight excluding hydrogens is 634 g/mol. The predicted molar refractivity (Wildman–Crippen MR) is 187 cm³/mol. The van der Waals surface area contributed by atoms with E-state index >= 15 is 0 Å². The molecule has 2 unspecified atom stereocenters. The fraction of sp³-hybridized carbons (Fsp3) is 0.629. The van der Waals surface area contributed by atoms with Crippen LogP contribution < -0.4 is 11.1 Å². The van der Waals surface area contributed by atoms with Crippen LogP contribution >= 0.6 is 22.9 Å². The van der Waals surface area contributed by atoms with Crippen LogP contribution in [0.5, 0.6) is 0 Å².